The summed E-state index contributed by atoms with van der Waals surface area (Å²) >= 11 is 0. The molecule has 0 aromatic heterocycles. The largest absolute Gasteiger partial charge is 0.480 e. The van der Waals surface area contributed by atoms with Crippen LogP contribution >= 0.6 is 0 Å². The highest BCUT2D eigenvalue weighted by atomic mass is 16.4. The topological polar surface area (TPSA) is 69.6 Å². The van der Waals surface area contributed by atoms with Gasteiger partial charge in [-0.25, -0.2) is 9.59 Å². The molecule has 21 heavy (non-hydrogen) atoms. The SMILES string of the molecule is CC(CC1CC1)NC(=O)N1c2ccccc2C[C@H]1C(=O)O. The van der Waals surface area contributed by atoms with Crippen LogP contribution in [0.5, 0.6) is 0 Å². The number of hydrogen-bond acceptors (Lipinski definition) is 2. The van der Waals surface area contributed by atoms with E-state index in [1.807, 2.05) is 31.2 Å². The predicted octanol–water partition coefficient (Wildman–Crippen LogP) is 2.40. The normalized spacial score (nSPS) is 21.8. The van der Waals surface area contributed by atoms with Crippen molar-refractivity contribution in [1.29, 1.82) is 0 Å². The molecule has 1 heterocycles. The molecular weight excluding hydrogens is 268 g/mol. The minimum Gasteiger partial charge on any atom is -0.480 e. The van der Waals surface area contributed by atoms with Gasteiger partial charge in [0.1, 0.15) is 6.04 Å². The molecule has 0 saturated heterocycles. The Hall–Kier alpha value is -2.04. The number of hydrogen-bond donors (Lipinski definition) is 2. The lowest BCUT2D eigenvalue weighted by atomic mass is 10.1. The van der Waals surface area contributed by atoms with Crippen molar-refractivity contribution >= 4 is 17.7 Å². The lowest BCUT2D eigenvalue weighted by Gasteiger charge is -2.25. The van der Waals surface area contributed by atoms with E-state index in [1.54, 1.807) is 0 Å². The third-order valence-corrected chi connectivity index (χ3v) is 4.23. The highest BCUT2D eigenvalue weighted by molar-refractivity contribution is 6.01. The van der Waals surface area contributed by atoms with Crippen molar-refractivity contribution in [2.24, 2.45) is 5.92 Å². The first-order chi connectivity index (χ1) is 10.1. The number of carbonyl (C=O) groups is 2. The number of nitrogens with one attached hydrogen (secondary N) is 1. The Labute approximate surface area is 123 Å². The summed E-state index contributed by atoms with van der Waals surface area (Å²) in [6, 6.07) is 6.35. The monoisotopic (exact) mass is 288 g/mol. The molecule has 0 radical (unpaired) electrons. The van der Waals surface area contributed by atoms with E-state index >= 15 is 0 Å². The average molecular weight is 288 g/mol. The second kappa shape index (κ2) is 5.39. The van der Waals surface area contributed by atoms with Crippen molar-refractivity contribution in [3.05, 3.63) is 29.8 Å². The van der Waals surface area contributed by atoms with Crippen LogP contribution in [-0.4, -0.2) is 29.2 Å². The molecule has 112 valence electrons. The summed E-state index contributed by atoms with van der Waals surface area (Å²) in [5, 5.41) is 12.3. The minimum absolute atomic E-state index is 0.0761. The fourth-order valence-corrected chi connectivity index (χ4v) is 3.03. The molecule has 2 aliphatic rings. The number of urea groups is 1. The van der Waals surface area contributed by atoms with Crippen molar-refractivity contribution in [1.82, 2.24) is 5.32 Å². The van der Waals surface area contributed by atoms with E-state index in [0.29, 0.717) is 12.1 Å². The van der Waals surface area contributed by atoms with Gasteiger partial charge in [0, 0.05) is 18.2 Å². The van der Waals surface area contributed by atoms with Crippen LogP contribution in [0.4, 0.5) is 10.5 Å². The fourth-order valence-electron chi connectivity index (χ4n) is 3.03. The molecule has 2 atom stereocenters. The zero-order valence-corrected chi connectivity index (χ0v) is 12.1. The zero-order chi connectivity index (χ0) is 15.0. The number of benzene rings is 1. The van der Waals surface area contributed by atoms with Gasteiger partial charge in [-0.15, -0.1) is 0 Å². The van der Waals surface area contributed by atoms with Gasteiger partial charge in [0.25, 0.3) is 0 Å². The van der Waals surface area contributed by atoms with Crippen LogP contribution in [0.2, 0.25) is 0 Å². The molecule has 1 unspecified atom stereocenters. The Morgan fingerprint density at radius 1 is 1.38 bits per heavy atom. The van der Waals surface area contributed by atoms with Crippen LogP contribution in [0.1, 0.15) is 31.7 Å². The first-order valence-corrected chi connectivity index (χ1v) is 7.46. The minimum atomic E-state index is -0.962. The second-order valence-electron chi connectivity index (χ2n) is 6.09. The highest BCUT2D eigenvalue weighted by Crippen LogP contribution is 2.34. The van der Waals surface area contributed by atoms with Gasteiger partial charge in [0.05, 0.1) is 0 Å². The number of aliphatic carboxylic acids is 1. The lowest BCUT2D eigenvalue weighted by Crippen LogP contribution is -2.50. The summed E-state index contributed by atoms with van der Waals surface area (Å²) in [6.45, 7) is 1.98. The van der Waals surface area contributed by atoms with Crippen molar-refractivity contribution in [3.63, 3.8) is 0 Å². The number of carbonyl (C=O) groups excluding carboxylic acids is 1. The van der Waals surface area contributed by atoms with Gasteiger partial charge in [-0.2, -0.15) is 0 Å². The van der Waals surface area contributed by atoms with Crippen LogP contribution in [0.3, 0.4) is 0 Å². The summed E-state index contributed by atoms with van der Waals surface area (Å²) in [5.74, 6) is -0.238. The maximum atomic E-state index is 12.5. The van der Waals surface area contributed by atoms with Crippen LogP contribution in [-0.2, 0) is 11.2 Å². The van der Waals surface area contributed by atoms with Crippen LogP contribution < -0.4 is 10.2 Å². The van der Waals surface area contributed by atoms with Gasteiger partial charge in [-0.1, -0.05) is 31.0 Å². The van der Waals surface area contributed by atoms with E-state index in [0.717, 1.165) is 17.9 Å². The number of amides is 2. The van der Waals surface area contributed by atoms with Crippen molar-refractivity contribution in [3.8, 4) is 0 Å². The first-order valence-electron chi connectivity index (χ1n) is 7.46. The molecule has 1 aliphatic carbocycles. The molecule has 1 aliphatic heterocycles. The Morgan fingerprint density at radius 3 is 2.76 bits per heavy atom. The van der Waals surface area contributed by atoms with E-state index in [4.69, 9.17) is 0 Å². The van der Waals surface area contributed by atoms with Crippen molar-refractivity contribution in [2.75, 3.05) is 4.90 Å². The maximum Gasteiger partial charge on any atom is 0.327 e. The smallest absolute Gasteiger partial charge is 0.327 e. The fraction of sp³-hybridized carbons (Fsp3) is 0.500. The number of anilines is 1. The van der Waals surface area contributed by atoms with Crippen molar-refractivity contribution in [2.45, 2.75) is 44.7 Å². The number of fused-ring (bicyclic) bond motifs is 1. The molecule has 0 spiro atoms. The number of rotatable bonds is 4. The predicted molar refractivity (Wildman–Crippen MR) is 79.4 cm³/mol. The molecule has 5 nitrogen and oxygen atoms in total. The summed E-state index contributed by atoms with van der Waals surface area (Å²) in [6.07, 6.45) is 3.82. The Bertz CT molecular complexity index is 568. The number of nitrogens with zero attached hydrogens (tertiary/aromatic N) is 1. The molecule has 2 amide bonds. The van der Waals surface area contributed by atoms with E-state index < -0.39 is 12.0 Å². The third-order valence-electron chi connectivity index (χ3n) is 4.23. The van der Waals surface area contributed by atoms with Gasteiger partial charge in [0.15, 0.2) is 0 Å². The second-order valence-corrected chi connectivity index (χ2v) is 6.09. The lowest BCUT2D eigenvalue weighted by molar-refractivity contribution is -0.138. The van der Waals surface area contributed by atoms with Gasteiger partial charge in [-0.3, -0.25) is 4.90 Å². The maximum absolute atomic E-state index is 12.5. The van der Waals surface area contributed by atoms with E-state index in [2.05, 4.69) is 5.32 Å². The third kappa shape index (κ3) is 2.86. The van der Waals surface area contributed by atoms with Gasteiger partial charge in [-0.05, 0) is 30.9 Å². The summed E-state index contributed by atoms with van der Waals surface area (Å²) < 4.78 is 0. The number of para-hydroxylation sites is 1. The molecule has 2 N–H and O–H groups in total. The summed E-state index contributed by atoms with van der Waals surface area (Å²) in [5.41, 5.74) is 1.62. The van der Waals surface area contributed by atoms with E-state index in [-0.39, 0.29) is 12.1 Å². The van der Waals surface area contributed by atoms with E-state index in [1.165, 1.54) is 17.7 Å². The Kier molecular flexibility index (Phi) is 3.57. The molecule has 1 aromatic rings. The van der Waals surface area contributed by atoms with Crippen LogP contribution in [0.25, 0.3) is 0 Å². The van der Waals surface area contributed by atoms with Gasteiger partial charge >= 0.3 is 12.0 Å². The standard InChI is InChI=1S/C16H20N2O3/c1-10(8-11-6-7-11)17-16(21)18-13-5-3-2-4-12(13)9-14(18)15(19)20/h2-5,10-11,14H,6-9H2,1H3,(H,17,21)(H,19,20)/t10?,14-/m0/s1. The van der Waals surface area contributed by atoms with Crippen LogP contribution in [0, 0.1) is 5.92 Å². The molecule has 1 fully saturated rings. The van der Waals surface area contributed by atoms with Crippen LogP contribution in [0.15, 0.2) is 24.3 Å². The molecule has 1 saturated carbocycles. The first kappa shape index (κ1) is 13.9. The quantitative estimate of drug-likeness (QED) is 0.893. The molecule has 3 rings (SSSR count). The number of carboxylic acid groups (broad SMARTS) is 1. The molecular formula is C16H20N2O3. The Morgan fingerprint density at radius 2 is 2.10 bits per heavy atom. The summed E-state index contributed by atoms with van der Waals surface area (Å²) in [7, 11) is 0. The molecule has 1 aromatic carbocycles. The summed E-state index contributed by atoms with van der Waals surface area (Å²) in [4.78, 5) is 25.3. The average Bonchev–Trinajstić information content (AvgIpc) is 3.15. The zero-order valence-electron chi connectivity index (χ0n) is 12.1. The molecule has 0 bridgehead atoms. The highest BCUT2D eigenvalue weighted by Gasteiger charge is 2.38. The Balaban J connectivity index is 1.76. The van der Waals surface area contributed by atoms with Gasteiger partial charge in [0.2, 0.25) is 0 Å². The number of carboxylic acids is 1. The molecule has 5 heteroatoms. The van der Waals surface area contributed by atoms with Gasteiger partial charge < -0.3 is 10.4 Å². The van der Waals surface area contributed by atoms with E-state index in [9.17, 15) is 14.7 Å². The van der Waals surface area contributed by atoms with Crippen molar-refractivity contribution < 1.29 is 14.7 Å².